The molecule has 1 heterocycles. The SMILES string of the molecule is O=[N+]([O-])C1(Br)COC1. The highest BCUT2D eigenvalue weighted by atomic mass is 79.9. The van der Waals surface area contributed by atoms with Gasteiger partial charge >= 0.3 is 4.45 Å². The largest absolute Gasteiger partial charge is 0.364 e. The van der Waals surface area contributed by atoms with Crippen LogP contribution in [0.3, 0.4) is 0 Å². The highest BCUT2D eigenvalue weighted by Gasteiger charge is 2.48. The molecule has 0 N–H and O–H groups in total. The number of halogens is 1. The van der Waals surface area contributed by atoms with Gasteiger partial charge in [0.05, 0.1) is 0 Å². The van der Waals surface area contributed by atoms with E-state index in [2.05, 4.69) is 20.7 Å². The molecule has 0 bridgehead atoms. The summed E-state index contributed by atoms with van der Waals surface area (Å²) in [6.07, 6.45) is 0. The topological polar surface area (TPSA) is 52.4 Å². The minimum absolute atomic E-state index is 0.181. The molecule has 0 aliphatic carbocycles. The van der Waals surface area contributed by atoms with Crippen LogP contribution in [0.25, 0.3) is 0 Å². The van der Waals surface area contributed by atoms with Gasteiger partial charge in [-0.05, 0) is 0 Å². The molecule has 46 valence electrons. The van der Waals surface area contributed by atoms with E-state index in [1.165, 1.54) is 0 Å². The lowest BCUT2D eigenvalue weighted by molar-refractivity contribution is -0.566. The molecule has 0 unspecified atom stereocenters. The molecule has 0 radical (unpaired) electrons. The van der Waals surface area contributed by atoms with Crippen LogP contribution in [0.5, 0.6) is 0 Å². The summed E-state index contributed by atoms with van der Waals surface area (Å²) in [5.74, 6) is 0. The van der Waals surface area contributed by atoms with Gasteiger partial charge in [-0.25, -0.2) is 0 Å². The first kappa shape index (κ1) is 5.97. The Morgan fingerprint density at radius 2 is 2.25 bits per heavy atom. The first-order chi connectivity index (χ1) is 3.65. The van der Waals surface area contributed by atoms with Crippen molar-refractivity contribution in [2.45, 2.75) is 4.45 Å². The van der Waals surface area contributed by atoms with Crippen molar-refractivity contribution in [2.24, 2.45) is 0 Å². The third-order valence-electron chi connectivity index (χ3n) is 0.974. The first-order valence-electron chi connectivity index (χ1n) is 2.06. The van der Waals surface area contributed by atoms with Gasteiger partial charge in [0.2, 0.25) is 0 Å². The zero-order chi connectivity index (χ0) is 6.20. The Morgan fingerprint density at radius 1 is 1.75 bits per heavy atom. The van der Waals surface area contributed by atoms with Crippen molar-refractivity contribution in [1.29, 1.82) is 0 Å². The molecular formula is C3H4BrNO3. The van der Waals surface area contributed by atoms with Crippen molar-refractivity contribution < 1.29 is 9.66 Å². The number of nitrogens with zero attached hydrogens (tertiary/aromatic N) is 1. The van der Waals surface area contributed by atoms with Crippen LogP contribution < -0.4 is 0 Å². The minimum atomic E-state index is -0.965. The van der Waals surface area contributed by atoms with Crippen molar-refractivity contribution in [2.75, 3.05) is 13.2 Å². The predicted molar refractivity (Wildman–Crippen MR) is 29.5 cm³/mol. The Balaban J connectivity index is 2.53. The maximum Gasteiger partial charge on any atom is 0.320 e. The van der Waals surface area contributed by atoms with Gasteiger partial charge in [0.1, 0.15) is 13.2 Å². The molecule has 1 aliphatic heterocycles. The summed E-state index contributed by atoms with van der Waals surface area (Å²) in [5, 5.41) is 9.98. The number of alkyl halides is 1. The molecule has 0 saturated carbocycles. The van der Waals surface area contributed by atoms with Crippen molar-refractivity contribution in [1.82, 2.24) is 0 Å². The normalized spacial score (nSPS) is 24.1. The van der Waals surface area contributed by atoms with Crippen LogP contribution in [0.4, 0.5) is 0 Å². The van der Waals surface area contributed by atoms with Crippen LogP contribution >= 0.6 is 15.9 Å². The van der Waals surface area contributed by atoms with Gasteiger partial charge < -0.3 is 4.74 Å². The molecule has 1 fully saturated rings. The van der Waals surface area contributed by atoms with Gasteiger partial charge in [-0.15, -0.1) is 0 Å². The Morgan fingerprint density at radius 3 is 2.25 bits per heavy atom. The summed E-state index contributed by atoms with van der Waals surface area (Å²) in [4.78, 5) is 9.60. The number of hydrogen-bond acceptors (Lipinski definition) is 3. The lowest BCUT2D eigenvalue weighted by Gasteiger charge is -2.26. The number of ether oxygens (including phenoxy) is 1. The number of hydrogen-bond donors (Lipinski definition) is 0. The van der Waals surface area contributed by atoms with Crippen molar-refractivity contribution in [3.63, 3.8) is 0 Å². The highest BCUT2D eigenvalue weighted by Crippen LogP contribution is 2.27. The first-order valence-corrected chi connectivity index (χ1v) is 2.86. The highest BCUT2D eigenvalue weighted by molar-refractivity contribution is 9.10. The average molecular weight is 182 g/mol. The molecule has 0 amide bonds. The third-order valence-corrected chi connectivity index (χ3v) is 1.72. The van der Waals surface area contributed by atoms with Crippen LogP contribution in [-0.4, -0.2) is 22.6 Å². The van der Waals surface area contributed by atoms with Crippen LogP contribution in [0.15, 0.2) is 0 Å². The molecule has 0 aromatic carbocycles. The fourth-order valence-electron chi connectivity index (χ4n) is 0.376. The number of nitro groups is 1. The lowest BCUT2D eigenvalue weighted by Crippen LogP contribution is -2.50. The Labute approximate surface area is 54.1 Å². The summed E-state index contributed by atoms with van der Waals surface area (Å²) < 4.78 is 3.65. The summed E-state index contributed by atoms with van der Waals surface area (Å²) in [6.45, 7) is 0.361. The van der Waals surface area contributed by atoms with E-state index in [1.807, 2.05) is 0 Å². The Kier molecular flexibility index (Phi) is 1.24. The predicted octanol–water partition coefficient (Wildman–Crippen LogP) is 0.384. The van der Waals surface area contributed by atoms with Crippen LogP contribution in [0, 0.1) is 10.1 Å². The van der Waals surface area contributed by atoms with Gasteiger partial charge in [-0.1, -0.05) is 0 Å². The Bertz CT molecular complexity index is 122. The third kappa shape index (κ3) is 0.714. The second-order valence-electron chi connectivity index (χ2n) is 1.67. The van der Waals surface area contributed by atoms with Gasteiger partial charge in [0.25, 0.3) is 0 Å². The monoisotopic (exact) mass is 181 g/mol. The zero-order valence-corrected chi connectivity index (χ0v) is 5.55. The van der Waals surface area contributed by atoms with Gasteiger partial charge in [-0.3, -0.25) is 10.1 Å². The fourth-order valence-corrected chi connectivity index (χ4v) is 0.700. The van der Waals surface area contributed by atoms with E-state index >= 15 is 0 Å². The zero-order valence-electron chi connectivity index (χ0n) is 3.96. The minimum Gasteiger partial charge on any atom is -0.364 e. The van der Waals surface area contributed by atoms with E-state index in [0.29, 0.717) is 0 Å². The standard InChI is InChI=1S/C3H4BrNO3/c4-3(5(6)7)1-8-2-3/h1-2H2. The van der Waals surface area contributed by atoms with Crippen LogP contribution in [0.1, 0.15) is 0 Å². The molecule has 0 atom stereocenters. The summed E-state index contributed by atoms with van der Waals surface area (Å²) in [7, 11) is 0. The molecule has 1 rings (SSSR count). The number of rotatable bonds is 1. The maximum atomic E-state index is 9.98. The smallest absolute Gasteiger partial charge is 0.320 e. The molecule has 0 aromatic rings. The molecule has 1 saturated heterocycles. The van der Waals surface area contributed by atoms with E-state index in [1.54, 1.807) is 0 Å². The molecule has 1 aliphatic rings. The van der Waals surface area contributed by atoms with Gasteiger partial charge in [-0.2, -0.15) is 0 Å². The summed E-state index contributed by atoms with van der Waals surface area (Å²) >= 11 is 2.91. The van der Waals surface area contributed by atoms with Crippen molar-refractivity contribution >= 4 is 15.9 Å². The van der Waals surface area contributed by atoms with E-state index < -0.39 is 4.45 Å². The quantitative estimate of drug-likeness (QED) is 0.255. The van der Waals surface area contributed by atoms with Gasteiger partial charge in [0, 0.05) is 20.9 Å². The molecule has 0 aromatic heterocycles. The molecule has 4 nitrogen and oxygen atoms in total. The summed E-state index contributed by atoms with van der Waals surface area (Å²) in [5.41, 5.74) is 0. The van der Waals surface area contributed by atoms with Crippen molar-refractivity contribution in [3.05, 3.63) is 10.1 Å². The maximum absolute atomic E-state index is 9.98. The second kappa shape index (κ2) is 1.66. The molecular weight excluding hydrogens is 178 g/mol. The fraction of sp³-hybridized carbons (Fsp3) is 1.00. The van der Waals surface area contributed by atoms with E-state index in [9.17, 15) is 10.1 Å². The molecule has 0 spiro atoms. The van der Waals surface area contributed by atoms with E-state index in [0.717, 1.165) is 0 Å². The molecule has 5 heteroatoms. The van der Waals surface area contributed by atoms with Gasteiger partial charge in [0.15, 0.2) is 0 Å². The van der Waals surface area contributed by atoms with E-state index in [4.69, 9.17) is 0 Å². The van der Waals surface area contributed by atoms with Crippen LogP contribution in [0.2, 0.25) is 0 Å². The average Bonchev–Trinajstić information content (AvgIpc) is 1.60. The molecule has 8 heavy (non-hydrogen) atoms. The summed E-state index contributed by atoms with van der Waals surface area (Å²) in [6, 6.07) is 0. The Hall–Kier alpha value is -0.160. The second-order valence-corrected chi connectivity index (χ2v) is 3.14. The lowest BCUT2D eigenvalue weighted by atomic mass is 10.3. The van der Waals surface area contributed by atoms with Crippen molar-refractivity contribution in [3.8, 4) is 0 Å². The van der Waals surface area contributed by atoms with Crippen LogP contribution in [-0.2, 0) is 4.74 Å². The van der Waals surface area contributed by atoms with E-state index in [-0.39, 0.29) is 18.1 Å².